The summed E-state index contributed by atoms with van der Waals surface area (Å²) in [5.41, 5.74) is 1.40. The van der Waals surface area contributed by atoms with Gasteiger partial charge in [0, 0.05) is 14.5 Å². The zero-order valence-electron chi connectivity index (χ0n) is 6.47. The highest BCUT2D eigenvalue weighted by Crippen LogP contribution is 2.36. The molecule has 3 heteroatoms. The van der Waals surface area contributed by atoms with Crippen LogP contribution in [0, 0.1) is 0 Å². The van der Waals surface area contributed by atoms with Gasteiger partial charge in [-0.3, -0.25) is 0 Å². The second kappa shape index (κ2) is 4.06. The lowest BCUT2D eigenvalue weighted by Gasteiger charge is -2.06. The molecule has 0 aliphatic heterocycles. The Hall–Kier alpha value is 0.660. The molecule has 0 amide bonds. The van der Waals surface area contributed by atoms with Gasteiger partial charge in [0.2, 0.25) is 0 Å². The Bertz CT molecular complexity index is 205. The van der Waals surface area contributed by atoms with E-state index in [4.69, 9.17) is 0 Å². The van der Waals surface area contributed by atoms with Crippen molar-refractivity contribution in [1.82, 2.24) is 0 Å². The Kier molecular flexibility index (Phi) is 3.59. The van der Waals surface area contributed by atoms with Gasteiger partial charge in [-0.2, -0.15) is 0 Å². The van der Waals surface area contributed by atoms with E-state index in [0.29, 0.717) is 9.65 Å². The second-order valence-electron chi connectivity index (χ2n) is 2.47. The Morgan fingerprint density at radius 2 is 1.91 bits per heavy atom. The number of thiophene rings is 1. The van der Waals surface area contributed by atoms with Gasteiger partial charge in [-0.15, -0.1) is 11.3 Å². The summed E-state index contributed by atoms with van der Waals surface area (Å²) in [5.74, 6) is 0. The summed E-state index contributed by atoms with van der Waals surface area (Å²) in [5, 5.41) is 2.14. The molecule has 0 N–H and O–H groups in total. The van der Waals surface area contributed by atoms with Crippen LogP contribution in [0.2, 0.25) is 0 Å². The molecule has 1 aromatic heterocycles. The quantitative estimate of drug-likeness (QED) is 0.697. The summed E-state index contributed by atoms with van der Waals surface area (Å²) in [6, 6.07) is 2.18. The lowest BCUT2D eigenvalue weighted by atomic mass is 10.2. The first-order chi connectivity index (χ1) is 5.13. The molecule has 1 heterocycles. The van der Waals surface area contributed by atoms with Crippen LogP contribution in [-0.2, 0) is 0 Å². The Balaban J connectivity index is 2.96. The Labute approximate surface area is 88.3 Å². The molecule has 0 bridgehead atoms. The van der Waals surface area contributed by atoms with Gasteiger partial charge < -0.3 is 0 Å². The molecule has 0 radical (unpaired) electrons. The van der Waals surface area contributed by atoms with Crippen LogP contribution >= 0.6 is 43.2 Å². The highest BCUT2D eigenvalue weighted by molar-refractivity contribution is 9.09. The average molecular weight is 298 g/mol. The molecule has 0 aromatic carbocycles. The maximum Gasteiger partial charge on any atom is 0.0464 e. The minimum Gasteiger partial charge on any atom is -0.147 e. The molecular formula is C8H10Br2S. The molecule has 0 aliphatic rings. The topological polar surface area (TPSA) is 0 Å². The van der Waals surface area contributed by atoms with Gasteiger partial charge in [-0.05, 0) is 30.9 Å². The lowest BCUT2D eigenvalue weighted by Crippen LogP contribution is -1.87. The minimum atomic E-state index is 0.462. The zero-order valence-corrected chi connectivity index (χ0v) is 10.5. The molecule has 0 spiro atoms. The van der Waals surface area contributed by atoms with Crippen molar-refractivity contribution in [3.63, 3.8) is 0 Å². The molecule has 1 aromatic rings. The summed E-state index contributed by atoms with van der Waals surface area (Å²) < 4.78 is 0. The molecule has 0 saturated heterocycles. The van der Waals surface area contributed by atoms with Crippen molar-refractivity contribution in [2.24, 2.45) is 0 Å². The maximum absolute atomic E-state index is 3.57. The number of halogens is 2. The average Bonchev–Trinajstić information content (AvgIpc) is 2.32. The highest BCUT2D eigenvalue weighted by Gasteiger charge is 2.12. The second-order valence-corrected chi connectivity index (χ2v) is 6.17. The number of alkyl halides is 2. The van der Waals surface area contributed by atoms with E-state index >= 15 is 0 Å². The predicted octanol–water partition coefficient (Wildman–Crippen LogP) is 4.66. The molecule has 0 fully saturated rings. The van der Waals surface area contributed by atoms with Crippen LogP contribution in [0.5, 0.6) is 0 Å². The Morgan fingerprint density at radius 1 is 1.27 bits per heavy atom. The summed E-state index contributed by atoms with van der Waals surface area (Å²) >= 11 is 8.95. The smallest absolute Gasteiger partial charge is 0.0464 e. The third kappa shape index (κ3) is 2.30. The molecule has 1 rings (SSSR count). The van der Waals surface area contributed by atoms with Gasteiger partial charge in [0.15, 0.2) is 0 Å². The van der Waals surface area contributed by atoms with Crippen molar-refractivity contribution in [3.05, 3.63) is 21.9 Å². The van der Waals surface area contributed by atoms with Crippen LogP contribution < -0.4 is 0 Å². The van der Waals surface area contributed by atoms with Crippen molar-refractivity contribution >= 4 is 43.2 Å². The minimum absolute atomic E-state index is 0.462. The van der Waals surface area contributed by atoms with E-state index in [1.54, 1.807) is 0 Å². The fourth-order valence-electron chi connectivity index (χ4n) is 0.983. The summed E-state index contributed by atoms with van der Waals surface area (Å²) in [6.07, 6.45) is 0. The van der Waals surface area contributed by atoms with Gasteiger partial charge in [0.1, 0.15) is 0 Å². The van der Waals surface area contributed by atoms with Crippen LogP contribution in [0.1, 0.15) is 33.9 Å². The van der Waals surface area contributed by atoms with Gasteiger partial charge in [-0.1, -0.05) is 31.9 Å². The van der Waals surface area contributed by atoms with E-state index in [1.165, 1.54) is 10.4 Å². The first-order valence-electron chi connectivity index (χ1n) is 3.48. The van der Waals surface area contributed by atoms with Crippen LogP contribution in [0.15, 0.2) is 11.4 Å². The Morgan fingerprint density at radius 3 is 2.27 bits per heavy atom. The molecule has 0 aliphatic carbocycles. The van der Waals surface area contributed by atoms with Crippen LogP contribution in [-0.4, -0.2) is 0 Å². The lowest BCUT2D eigenvalue weighted by molar-refractivity contribution is 1.06. The van der Waals surface area contributed by atoms with Gasteiger partial charge in [0.05, 0.1) is 0 Å². The third-order valence-electron chi connectivity index (χ3n) is 1.52. The molecule has 62 valence electrons. The van der Waals surface area contributed by atoms with Crippen molar-refractivity contribution < 1.29 is 0 Å². The van der Waals surface area contributed by atoms with E-state index in [0.717, 1.165) is 0 Å². The fraction of sp³-hybridized carbons (Fsp3) is 0.500. The van der Waals surface area contributed by atoms with Gasteiger partial charge >= 0.3 is 0 Å². The molecule has 0 saturated carbocycles. The monoisotopic (exact) mass is 296 g/mol. The van der Waals surface area contributed by atoms with Crippen molar-refractivity contribution in [3.8, 4) is 0 Å². The normalized spacial score (nSPS) is 16.4. The van der Waals surface area contributed by atoms with Crippen LogP contribution in [0.4, 0.5) is 0 Å². The van der Waals surface area contributed by atoms with E-state index in [1.807, 2.05) is 11.3 Å². The molecule has 0 nitrogen and oxygen atoms in total. The zero-order chi connectivity index (χ0) is 8.43. The summed E-state index contributed by atoms with van der Waals surface area (Å²) in [4.78, 5) is 2.36. The van der Waals surface area contributed by atoms with E-state index < -0.39 is 0 Å². The van der Waals surface area contributed by atoms with E-state index in [9.17, 15) is 0 Å². The largest absolute Gasteiger partial charge is 0.147 e. The number of rotatable bonds is 2. The molecule has 11 heavy (non-hydrogen) atoms. The molecule has 2 unspecified atom stereocenters. The van der Waals surface area contributed by atoms with Gasteiger partial charge in [0.25, 0.3) is 0 Å². The fourth-order valence-corrected chi connectivity index (χ4v) is 3.05. The predicted molar refractivity (Wildman–Crippen MR) is 59.0 cm³/mol. The van der Waals surface area contributed by atoms with Gasteiger partial charge in [-0.25, -0.2) is 0 Å². The van der Waals surface area contributed by atoms with Crippen LogP contribution in [0.25, 0.3) is 0 Å². The van der Waals surface area contributed by atoms with E-state index in [2.05, 4.69) is 57.2 Å². The van der Waals surface area contributed by atoms with E-state index in [-0.39, 0.29) is 0 Å². The van der Waals surface area contributed by atoms with Crippen molar-refractivity contribution in [1.29, 1.82) is 0 Å². The molecule has 2 atom stereocenters. The summed E-state index contributed by atoms with van der Waals surface area (Å²) in [7, 11) is 0. The van der Waals surface area contributed by atoms with Crippen molar-refractivity contribution in [2.75, 3.05) is 0 Å². The summed E-state index contributed by atoms with van der Waals surface area (Å²) in [6.45, 7) is 4.31. The SMILES string of the molecule is CC(Br)c1ccsc1C(C)Br. The third-order valence-corrected chi connectivity index (χ3v) is 3.89. The number of hydrogen-bond donors (Lipinski definition) is 0. The highest BCUT2D eigenvalue weighted by atomic mass is 79.9. The van der Waals surface area contributed by atoms with Crippen LogP contribution in [0.3, 0.4) is 0 Å². The number of hydrogen-bond acceptors (Lipinski definition) is 1. The first kappa shape index (κ1) is 9.75. The standard InChI is InChI=1S/C8H10Br2S/c1-5(9)7-3-4-11-8(7)6(2)10/h3-6H,1-2H3. The first-order valence-corrected chi connectivity index (χ1v) is 6.19. The molecular weight excluding hydrogens is 288 g/mol. The van der Waals surface area contributed by atoms with Crippen molar-refractivity contribution in [2.45, 2.75) is 23.5 Å². The maximum atomic E-state index is 3.57.